The molecule has 2 aromatic heterocycles. The number of carbonyl (C=O) groups excluding carboxylic acids is 1. The van der Waals surface area contributed by atoms with Crippen molar-refractivity contribution in [1.29, 1.82) is 0 Å². The monoisotopic (exact) mass is 409 g/mol. The van der Waals surface area contributed by atoms with Crippen LogP contribution in [0, 0.1) is 0 Å². The fourth-order valence-electron chi connectivity index (χ4n) is 2.87. The lowest BCUT2D eigenvalue weighted by atomic mass is 10.2. The number of ether oxygens (including phenoxy) is 3. The van der Waals surface area contributed by atoms with Crippen LogP contribution in [0.3, 0.4) is 0 Å². The smallest absolute Gasteiger partial charge is 0.435 e. The first kappa shape index (κ1) is 20.3. The second-order valence-electron chi connectivity index (χ2n) is 5.95. The summed E-state index contributed by atoms with van der Waals surface area (Å²) >= 11 is 0. The van der Waals surface area contributed by atoms with Crippen LogP contribution in [0.4, 0.5) is 13.2 Å². The van der Waals surface area contributed by atoms with E-state index in [0.29, 0.717) is 17.1 Å². The molecule has 0 unspecified atom stereocenters. The molecule has 0 atom stereocenters. The van der Waals surface area contributed by atoms with Gasteiger partial charge in [0.05, 0.1) is 21.3 Å². The minimum atomic E-state index is -4.81. The first-order valence-corrected chi connectivity index (χ1v) is 8.41. The van der Waals surface area contributed by atoms with E-state index in [2.05, 4.69) is 10.3 Å². The quantitative estimate of drug-likeness (QED) is 0.676. The summed E-state index contributed by atoms with van der Waals surface area (Å²) < 4.78 is 56.9. The number of pyridine rings is 1. The number of hydrogen-bond donors (Lipinski definition) is 1. The van der Waals surface area contributed by atoms with Crippen molar-refractivity contribution < 1.29 is 32.2 Å². The number of rotatable bonds is 6. The Bertz CT molecular complexity index is 1050. The van der Waals surface area contributed by atoms with Gasteiger partial charge < -0.3 is 19.5 Å². The number of methoxy groups -OCH3 is 3. The van der Waals surface area contributed by atoms with Crippen molar-refractivity contribution in [3.8, 4) is 17.2 Å². The standard InChI is InChI=1S/C19H18F3N3O4/c1-27-12-7-6-11(9-14(12)29-3)10-23-18(26)15-16(19(20,21)22)24-17-13(28-2)5-4-8-25(15)17/h4-9H,10H2,1-3H3,(H,23,26). The summed E-state index contributed by atoms with van der Waals surface area (Å²) in [6, 6.07) is 7.87. The molecule has 154 valence electrons. The van der Waals surface area contributed by atoms with E-state index in [-0.39, 0.29) is 17.9 Å². The maximum Gasteiger partial charge on any atom is 0.435 e. The highest BCUT2D eigenvalue weighted by Crippen LogP contribution is 2.34. The SMILES string of the molecule is COc1ccc(CNC(=O)c2c(C(F)(F)F)nc3c(OC)cccn23)cc1OC. The number of amides is 1. The van der Waals surface area contributed by atoms with Gasteiger partial charge in [-0.25, -0.2) is 4.98 Å². The van der Waals surface area contributed by atoms with Crippen LogP contribution in [0.5, 0.6) is 17.2 Å². The lowest BCUT2D eigenvalue weighted by Crippen LogP contribution is -2.27. The average Bonchev–Trinajstić information content (AvgIpc) is 3.12. The van der Waals surface area contributed by atoms with Crippen LogP contribution in [-0.4, -0.2) is 36.6 Å². The molecule has 3 rings (SSSR count). The molecule has 0 bridgehead atoms. The van der Waals surface area contributed by atoms with E-state index in [4.69, 9.17) is 14.2 Å². The topological polar surface area (TPSA) is 74.1 Å². The lowest BCUT2D eigenvalue weighted by Gasteiger charge is -2.11. The Balaban J connectivity index is 1.95. The molecular weight excluding hydrogens is 391 g/mol. The zero-order chi connectivity index (χ0) is 21.2. The maximum atomic E-state index is 13.5. The molecule has 0 saturated heterocycles. The van der Waals surface area contributed by atoms with Crippen molar-refractivity contribution in [2.75, 3.05) is 21.3 Å². The summed E-state index contributed by atoms with van der Waals surface area (Å²) in [4.78, 5) is 16.3. The molecule has 0 aliphatic carbocycles. The Morgan fingerprint density at radius 2 is 1.76 bits per heavy atom. The largest absolute Gasteiger partial charge is 0.493 e. The summed E-state index contributed by atoms with van der Waals surface area (Å²) in [6.07, 6.45) is -3.49. The zero-order valence-corrected chi connectivity index (χ0v) is 15.8. The number of alkyl halides is 3. The van der Waals surface area contributed by atoms with Crippen molar-refractivity contribution in [1.82, 2.24) is 14.7 Å². The number of imidazole rings is 1. The van der Waals surface area contributed by atoms with Crippen molar-refractivity contribution in [2.45, 2.75) is 12.7 Å². The predicted octanol–water partition coefficient (Wildman–Crippen LogP) is 3.31. The Kier molecular flexibility index (Phi) is 5.53. The van der Waals surface area contributed by atoms with Gasteiger partial charge in [-0.2, -0.15) is 13.2 Å². The number of fused-ring (bicyclic) bond motifs is 1. The summed E-state index contributed by atoms with van der Waals surface area (Å²) in [5.74, 6) is 0.135. The third-order valence-corrected chi connectivity index (χ3v) is 4.22. The van der Waals surface area contributed by atoms with Crippen molar-refractivity contribution >= 4 is 11.6 Å². The highest BCUT2D eigenvalue weighted by Gasteiger charge is 2.40. The number of nitrogens with zero attached hydrogens (tertiary/aromatic N) is 2. The van der Waals surface area contributed by atoms with Gasteiger partial charge in [0.2, 0.25) is 0 Å². The lowest BCUT2D eigenvalue weighted by molar-refractivity contribution is -0.141. The van der Waals surface area contributed by atoms with E-state index in [1.54, 1.807) is 18.2 Å². The van der Waals surface area contributed by atoms with Crippen LogP contribution < -0.4 is 19.5 Å². The minimum absolute atomic E-state index is 0.0202. The van der Waals surface area contributed by atoms with Crippen molar-refractivity contribution in [2.24, 2.45) is 0 Å². The molecule has 0 spiro atoms. The van der Waals surface area contributed by atoms with E-state index >= 15 is 0 Å². The molecule has 1 amide bonds. The molecule has 7 nitrogen and oxygen atoms in total. The van der Waals surface area contributed by atoms with Gasteiger partial charge in [0, 0.05) is 12.7 Å². The summed E-state index contributed by atoms with van der Waals surface area (Å²) in [5, 5.41) is 2.50. The van der Waals surface area contributed by atoms with E-state index in [1.165, 1.54) is 39.7 Å². The molecular formula is C19H18F3N3O4. The average molecular weight is 409 g/mol. The maximum absolute atomic E-state index is 13.5. The molecule has 3 aromatic rings. The first-order chi connectivity index (χ1) is 13.8. The second kappa shape index (κ2) is 7.90. The van der Waals surface area contributed by atoms with Crippen LogP contribution in [0.1, 0.15) is 21.7 Å². The number of carbonyl (C=O) groups is 1. The van der Waals surface area contributed by atoms with E-state index in [0.717, 1.165) is 4.40 Å². The summed E-state index contributed by atoms with van der Waals surface area (Å²) in [6.45, 7) is -0.0202. The summed E-state index contributed by atoms with van der Waals surface area (Å²) in [7, 11) is 4.26. The third kappa shape index (κ3) is 3.91. The van der Waals surface area contributed by atoms with Crippen LogP contribution in [0.2, 0.25) is 0 Å². The van der Waals surface area contributed by atoms with Gasteiger partial charge in [0.25, 0.3) is 5.91 Å². The van der Waals surface area contributed by atoms with Crippen LogP contribution in [0.25, 0.3) is 5.65 Å². The Morgan fingerprint density at radius 1 is 1.07 bits per heavy atom. The van der Waals surface area contributed by atoms with Gasteiger partial charge >= 0.3 is 6.18 Å². The van der Waals surface area contributed by atoms with Gasteiger partial charge in [0.15, 0.2) is 28.6 Å². The first-order valence-electron chi connectivity index (χ1n) is 8.41. The molecule has 0 aliphatic heterocycles. The Labute approximate surface area is 164 Å². The minimum Gasteiger partial charge on any atom is -0.493 e. The molecule has 10 heteroatoms. The van der Waals surface area contributed by atoms with Gasteiger partial charge in [-0.1, -0.05) is 6.07 Å². The molecule has 1 aromatic carbocycles. The molecule has 0 fully saturated rings. The zero-order valence-electron chi connectivity index (χ0n) is 15.8. The fraction of sp³-hybridized carbons (Fsp3) is 0.263. The Morgan fingerprint density at radius 3 is 2.38 bits per heavy atom. The van der Waals surface area contributed by atoms with Crippen LogP contribution in [-0.2, 0) is 12.7 Å². The van der Waals surface area contributed by atoms with Crippen LogP contribution >= 0.6 is 0 Å². The van der Waals surface area contributed by atoms with E-state index in [1.807, 2.05) is 0 Å². The van der Waals surface area contributed by atoms with Crippen molar-refractivity contribution in [3.05, 3.63) is 53.5 Å². The molecule has 1 N–H and O–H groups in total. The number of hydrogen-bond acceptors (Lipinski definition) is 5. The highest BCUT2D eigenvalue weighted by molar-refractivity contribution is 5.95. The number of nitrogens with one attached hydrogen (secondary N) is 1. The van der Waals surface area contributed by atoms with Gasteiger partial charge in [0.1, 0.15) is 5.69 Å². The normalized spacial score (nSPS) is 11.4. The highest BCUT2D eigenvalue weighted by atomic mass is 19.4. The number of halogens is 3. The molecule has 29 heavy (non-hydrogen) atoms. The summed E-state index contributed by atoms with van der Waals surface area (Å²) in [5.41, 5.74) is -1.38. The van der Waals surface area contributed by atoms with E-state index < -0.39 is 23.5 Å². The number of aromatic nitrogens is 2. The molecule has 2 heterocycles. The van der Waals surface area contributed by atoms with Gasteiger partial charge in [-0.15, -0.1) is 0 Å². The molecule has 0 radical (unpaired) electrons. The van der Waals surface area contributed by atoms with Gasteiger partial charge in [-0.3, -0.25) is 9.20 Å². The van der Waals surface area contributed by atoms with Crippen LogP contribution in [0.15, 0.2) is 36.5 Å². The number of benzene rings is 1. The fourth-order valence-corrected chi connectivity index (χ4v) is 2.87. The Hall–Kier alpha value is -3.43. The predicted molar refractivity (Wildman–Crippen MR) is 97.5 cm³/mol. The molecule has 0 aliphatic rings. The third-order valence-electron chi connectivity index (χ3n) is 4.22. The second-order valence-corrected chi connectivity index (χ2v) is 5.95. The van der Waals surface area contributed by atoms with Gasteiger partial charge in [-0.05, 0) is 29.8 Å². The van der Waals surface area contributed by atoms with Crippen molar-refractivity contribution in [3.63, 3.8) is 0 Å². The van der Waals surface area contributed by atoms with E-state index in [9.17, 15) is 18.0 Å². The molecule has 0 saturated carbocycles.